The Kier molecular flexibility index (Phi) is 3.04. The number of para-hydroxylation sites is 1. The van der Waals surface area contributed by atoms with E-state index in [-0.39, 0.29) is 10.8 Å². The number of hydrogen-bond acceptors (Lipinski definition) is 4. The third-order valence-corrected chi connectivity index (χ3v) is 3.22. The van der Waals surface area contributed by atoms with E-state index in [1.807, 2.05) is 6.07 Å². The highest BCUT2D eigenvalue weighted by Gasteiger charge is 2.17. The van der Waals surface area contributed by atoms with Crippen LogP contribution in [0.2, 0.25) is 5.15 Å². The van der Waals surface area contributed by atoms with Gasteiger partial charge in [-0.25, -0.2) is 9.97 Å². The van der Waals surface area contributed by atoms with E-state index in [2.05, 4.69) is 9.97 Å². The molecular formula is C14H8ClN3O2. The van der Waals surface area contributed by atoms with Gasteiger partial charge in [-0.3, -0.25) is 10.1 Å². The fourth-order valence-corrected chi connectivity index (χ4v) is 2.27. The molecule has 0 bridgehead atoms. The van der Waals surface area contributed by atoms with Crippen LogP contribution in [0.5, 0.6) is 0 Å². The molecular weight excluding hydrogens is 278 g/mol. The van der Waals surface area contributed by atoms with Crippen molar-refractivity contribution < 1.29 is 4.92 Å². The SMILES string of the molecule is O=[N+]([O-])c1ccccc1-c1cc2cccnc2nc1Cl. The van der Waals surface area contributed by atoms with Crippen LogP contribution in [-0.2, 0) is 0 Å². The van der Waals surface area contributed by atoms with Crippen LogP contribution in [0.3, 0.4) is 0 Å². The lowest BCUT2D eigenvalue weighted by molar-refractivity contribution is -0.384. The average molecular weight is 286 g/mol. The molecule has 2 aromatic heterocycles. The molecule has 0 N–H and O–H groups in total. The summed E-state index contributed by atoms with van der Waals surface area (Å²) in [5.74, 6) is 0. The van der Waals surface area contributed by atoms with Crippen molar-refractivity contribution in [3.63, 3.8) is 0 Å². The molecule has 0 atom stereocenters. The number of halogens is 1. The molecule has 0 fully saturated rings. The summed E-state index contributed by atoms with van der Waals surface area (Å²) in [4.78, 5) is 19.0. The predicted octanol–water partition coefficient (Wildman–Crippen LogP) is 3.86. The van der Waals surface area contributed by atoms with Crippen molar-refractivity contribution in [2.45, 2.75) is 0 Å². The molecule has 98 valence electrons. The van der Waals surface area contributed by atoms with Crippen LogP contribution in [0, 0.1) is 10.1 Å². The number of fused-ring (bicyclic) bond motifs is 1. The van der Waals surface area contributed by atoms with Crippen molar-refractivity contribution >= 4 is 28.3 Å². The average Bonchev–Trinajstić information content (AvgIpc) is 2.46. The summed E-state index contributed by atoms with van der Waals surface area (Å²) in [6.45, 7) is 0. The highest BCUT2D eigenvalue weighted by Crippen LogP contribution is 2.35. The Hall–Kier alpha value is -2.53. The molecule has 0 spiro atoms. The molecule has 0 unspecified atom stereocenters. The fourth-order valence-electron chi connectivity index (χ4n) is 2.03. The topological polar surface area (TPSA) is 68.9 Å². The van der Waals surface area contributed by atoms with E-state index in [4.69, 9.17) is 11.6 Å². The molecule has 1 aromatic carbocycles. The Morgan fingerprint density at radius 3 is 2.70 bits per heavy atom. The van der Waals surface area contributed by atoms with Crippen LogP contribution >= 0.6 is 11.6 Å². The lowest BCUT2D eigenvalue weighted by atomic mass is 10.0. The number of nitro groups is 1. The minimum absolute atomic E-state index is 0.000518. The quantitative estimate of drug-likeness (QED) is 0.407. The lowest BCUT2D eigenvalue weighted by Crippen LogP contribution is -1.94. The molecule has 0 aliphatic rings. The van der Waals surface area contributed by atoms with Gasteiger partial charge in [0, 0.05) is 23.2 Å². The van der Waals surface area contributed by atoms with Gasteiger partial charge in [-0.2, -0.15) is 0 Å². The van der Waals surface area contributed by atoms with Crippen molar-refractivity contribution in [1.29, 1.82) is 0 Å². The summed E-state index contributed by atoms with van der Waals surface area (Å²) in [6.07, 6.45) is 1.62. The summed E-state index contributed by atoms with van der Waals surface area (Å²) in [5.41, 5.74) is 1.49. The zero-order valence-electron chi connectivity index (χ0n) is 10.2. The summed E-state index contributed by atoms with van der Waals surface area (Å²) in [5, 5.41) is 12.1. The van der Waals surface area contributed by atoms with Crippen LogP contribution in [0.25, 0.3) is 22.2 Å². The Balaban J connectivity index is 2.29. The molecule has 5 nitrogen and oxygen atoms in total. The smallest absolute Gasteiger partial charge is 0.258 e. The number of rotatable bonds is 2. The monoisotopic (exact) mass is 285 g/mol. The third-order valence-electron chi connectivity index (χ3n) is 2.93. The van der Waals surface area contributed by atoms with Gasteiger partial charge in [0.15, 0.2) is 5.65 Å². The van der Waals surface area contributed by atoms with Gasteiger partial charge >= 0.3 is 0 Å². The van der Waals surface area contributed by atoms with Gasteiger partial charge in [-0.1, -0.05) is 23.7 Å². The van der Waals surface area contributed by atoms with Gasteiger partial charge in [0.05, 0.1) is 10.5 Å². The molecule has 3 aromatic rings. The second kappa shape index (κ2) is 4.86. The van der Waals surface area contributed by atoms with E-state index in [0.29, 0.717) is 16.8 Å². The van der Waals surface area contributed by atoms with Crippen molar-refractivity contribution in [3.8, 4) is 11.1 Å². The first-order valence-corrected chi connectivity index (χ1v) is 6.19. The third kappa shape index (κ3) is 2.08. The number of pyridine rings is 2. The van der Waals surface area contributed by atoms with Gasteiger partial charge in [-0.05, 0) is 24.3 Å². The molecule has 6 heteroatoms. The first kappa shape index (κ1) is 12.5. The Labute approximate surface area is 119 Å². The van der Waals surface area contributed by atoms with E-state index in [9.17, 15) is 10.1 Å². The van der Waals surface area contributed by atoms with E-state index in [1.165, 1.54) is 6.07 Å². The summed E-state index contributed by atoms with van der Waals surface area (Å²) in [6, 6.07) is 11.8. The number of nitrogens with zero attached hydrogens (tertiary/aromatic N) is 3. The molecule has 0 aliphatic heterocycles. The summed E-state index contributed by atoms with van der Waals surface area (Å²) >= 11 is 6.14. The maximum Gasteiger partial charge on any atom is 0.277 e. The fraction of sp³-hybridized carbons (Fsp3) is 0. The van der Waals surface area contributed by atoms with Crippen molar-refractivity contribution in [2.24, 2.45) is 0 Å². The molecule has 0 amide bonds. The van der Waals surface area contributed by atoms with Crippen molar-refractivity contribution in [3.05, 3.63) is 63.9 Å². The Morgan fingerprint density at radius 1 is 1.10 bits per heavy atom. The van der Waals surface area contributed by atoms with E-state index in [0.717, 1.165) is 5.39 Å². The van der Waals surface area contributed by atoms with Gasteiger partial charge in [0.2, 0.25) is 0 Å². The maximum atomic E-state index is 11.1. The first-order chi connectivity index (χ1) is 9.66. The number of aromatic nitrogens is 2. The zero-order valence-corrected chi connectivity index (χ0v) is 10.9. The Bertz CT molecular complexity index is 820. The highest BCUT2D eigenvalue weighted by atomic mass is 35.5. The van der Waals surface area contributed by atoms with E-state index < -0.39 is 4.92 Å². The van der Waals surface area contributed by atoms with Crippen molar-refractivity contribution in [1.82, 2.24) is 9.97 Å². The van der Waals surface area contributed by atoms with E-state index >= 15 is 0 Å². The normalized spacial score (nSPS) is 10.7. The van der Waals surface area contributed by atoms with Gasteiger partial charge in [0.1, 0.15) is 5.15 Å². The molecule has 0 saturated heterocycles. The van der Waals surface area contributed by atoms with E-state index in [1.54, 1.807) is 36.5 Å². The van der Waals surface area contributed by atoms with Crippen LogP contribution in [0.15, 0.2) is 48.7 Å². The number of hydrogen-bond donors (Lipinski definition) is 0. The first-order valence-electron chi connectivity index (χ1n) is 5.82. The molecule has 2 heterocycles. The largest absolute Gasteiger partial charge is 0.277 e. The standard InChI is InChI=1S/C14H8ClN3O2/c15-13-11(8-9-4-3-7-16-14(9)17-13)10-5-1-2-6-12(10)18(19)20/h1-8H. The minimum Gasteiger partial charge on any atom is -0.258 e. The number of nitro benzene ring substituents is 1. The minimum atomic E-state index is -0.431. The molecule has 0 radical (unpaired) electrons. The van der Waals surface area contributed by atoms with Gasteiger partial charge in [-0.15, -0.1) is 0 Å². The van der Waals surface area contributed by atoms with Gasteiger partial charge < -0.3 is 0 Å². The number of benzene rings is 1. The zero-order chi connectivity index (χ0) is 14.1. The molecule has 3 rings (SSSR count). The lowest BCUT2D eigenvalue weighted by Gasteiger charge is -2.06. The van der Waals surface area contributed by atoms with Crippen LogP contribution in [0.1, 0.15) is 0 Å². The summed E-state index contributed by atoms with van der Waals surface area (Å²) < 4.78 is 0. The highest BCUT2D eigenvalue weighted by molar-refractivity contribution is 6.32. The Morgan fingerprint density at radius 2 is 1.90 bits per heavy atom. The molecule has 0 saturated carbocycles. The second-order valence-corrected chi connectivity index (χ2v) is 4.51. The van der Waals surface area contributed by atoms with Crippen LogP contribution in [-0.4, -0.2) is 14.9 Å². The van der Waals surface area contributed by atoms with Crippen LogP contribution < -0.4 is 0 Å². The van der Waals surface area contributed by atoms with Gasteiger partial charge in [0.25, 0.3) is 5.69 Å². The second-order valence-electron chi connectivity index (χ2n) is 4.15. The molecule has 0 aliphatic carbocycles. The van der Waals surface area contributed by atoms with Crippen molar-refractivity contribution in [2.75, 3.05) is 0 Å². The molecule has 20 heavy (non-hydrogen) atoms. The summed E-state index contributed by atoms with van der Waals surface area (Å²) in [7, 11) is 0. The van der Waals surface area contributed by atoms with Crippen LogP contribution in [0.4, 0.5) is 5.69 Å². The predicted molar refractivity (Wildman–Crippen MR) is 76.6 cm³/mol. The maximum absolute atomic E-state index is 11.1.